The first-order valence-corrected chi connectivity index (χ1v) is 6.44. The molecule has 2 heterocycles. The van der Waals surface area contributed by atoms with E-state index in [2.05, 4.69) is 10.4 Å². The number of rotatable bonds is 4. The van der Waals surface area contributed by atoms with Crippen LogP contribution in [0.2, 0.25) is 0 Å². The van der Waals surface area contributed by atoms with Crippen molar-refractivity contribution in [3.05, 3.63) is 36.7 Å². The van der Waals surface area contributed by atoms with Gasteiger partial charge < -0.3 is 9.47 Å². The maximum atomic E-state index is 5.80. The molecule has 1 aromatic heterocycles. The molecule has 1 atom stereocenters. The van der Waals surface area contributed by atoms with Gasteiger partial charge in [-0.05, 0) is 43.7 Å². The molecule has 1 aliphatic heterocycles. The summed E-state index contributed by atoms with van der Waals surface area (Å²) in [6.45, 7) is 1.03. The average molecular weight is 259 g/mol. The van der Waals surface area contributed by atoms with E-state index in [4.69, 9.17) is 9.47 Å². The Morgan fingerprint density at radius 2 is 2.11 bits per heavy atom. The normalized spacial score (nSPS) is 18.5. The zero-order valence-corrected chi connectivity index (χ0v) is 10.9. The van der Waals surface area contributed by atoms with E-state index in [-0.39, 0.29) is 6.23 Å². The molecule has 2 aromatic rings. The highest BCUT2D eigenvalue weighted by Crippen LogP contribution is 2.19. The maximum Gasteiger partial charge on any atom is 0.160 e. The average Bonchev–Trinajstić information content (AvgIpc) is 3.11. The molecule has 1 unspecified atom stereocenters. The van der Waals surface area contributed by atoms with Gasteiger partial charge in [-0.3, -0.25) is 5.32 Å². The molecule has 5 heteroatoms. The van der Waals surface area contributed by atoms with Gasteiger partial charge in [-0.15, -0.1) is 0 Å². The fraction of sp³-hybridized carbons (Fsp3) is 0.357. The minimum absolute atomic E-state index is 0.119. The summed E-state index contributed by atoms with van der Waals surface area (Å²) in [5.41, 5.74) is 0.982. The molecule has 0 radical (unpaired) electrons. The van der Waals surface area contributed by atoms with Gasteiger partial charge >= 0.3 is 0 Å². The Balaban J connectivity index is 1.72. The van der Waals surface area contributed by atoms with Crippen molar-refractivity contribution >= 4 is 0 Å². The Kier molecular flexibility index (Phi) is 3.37. The van der Waals surface area contributed by atoms with Gasteiger partial charge in [-0.25, -0.2) is 4.68 Å². The third kappa shape index (κ3) is 2.71. The van der Waals surface area contributed by atoms with Crippen LogP contribution in [0.25, 0.3) is 5.69 Å². The molecule has 5 nitrogen and oxygen atoms in total. The molecular formula is C14H17N3O2. The highest BCUT2D eigenvalue weighted by molar-refractivity contribution is 5.37. The lowest BCUT2D eigenvalue weighted by atomic mass is 10.3. The Bertz CT molecular complexity index is 530. The summed E-state index contributed by atoms with van der Waals surface area (Å²) in [5, 5.41) is 7.60. The Labute approximate surface area is 112 Å². The molecule has 0 aliphatic carbocycles. The summed E-state index contributed by atoms with van der Waals surface area (Å²) >= 11 is 0. The van der Waals surface area contributed by atoms with Crippen molar-refractivity contribution < 1.29 is 9.47 Å². The van der Waals surface area contributed by atoms with Crippen LogP contribution in [0.3, 0.4) is 0 Å². The van der Waals surface area contributed by atoms with E-state index in [1.54, 1.807) is 18.0 Å². The quantitative estimate of drug-likeness (QED) is 0.912. The molecule has 3 rings (SSSR count). The van der Waals surface area contributed by atoms with E-state index in [1.165, 1.54) is 0 Å². The van der Waals surface area contributed by atoms with E-state index in [1.807, 2.05) is 30.5 Å². The van der Waals surface area contributed by atoms with Crippen LogP contribution in [0.1, 0.15) is 12.8 Å². The predicted octanol–water partition coefficient (Wildman–Crippen LogP) is 1.97. The van der Waals surface area contributed by atoms with E-state index >= 15 is 0 Å². The second-order valence-electron chi connectivity index (χ2n) is 4.52. The molecule has 19 heavy (non-hydrogen) atoms. The second-order valence-corrected chi connectivity index (χ2v) is 4.52. The molecular weight excluding hydrogens is 242 g/mol. The van der Waals surface area contributed by atoms with Crippen LogP contribution in [0.4, 0.5) is 0 Å². The fourth-order valence-electron chi connectivity index (χ4n) is 2.16. The lowest BCUT2D eigenvalue weighted by Gasteiger charge is -2.10. The number of methoxy groups -OCH3 is 1. The number of hydrogen-bond acceptors (Lipinski definition) is 4. The lowest BCUT2D eigenvalue weighted by molar-refractivity contribution is 0.187. The van der Waals surface area contributed by atoms with Crippen LogP contribution in [-0.4, -0.2) is 29.7 Å². The van der Waals surface area contributed by atoms with Crippen LogP contribution in [0.5, 0.6) is 11.5 Å². The molecule has 1 aromatic carbocycles. The molecule has 0 amide bonds. The number of hydrogen-bond donors (Lipinski definition) is 1. The molecule has 1 fully saturated rings. The number of nitrogens with zero attached hydrogens (tertiary/aromatic N) is 2. The standard InChI is InChI=1S/C14H17N3O2/c1-18-12-6-4-11(5-7-12)17-10-13(9-16-17)19-14-3-2-8-15-14/h4-7,9-10,14-15H,2-3,8H2,1H3. The number of aromatic nitrogens is 2. The van der Waals surface area contributed by atoms with E-state index in [0.29, 0.717) is 0 Å². The molecule has 0 bridgehead atoms. The largest absolute Gasteiger partial charge is 0.497 e. The number of nitrogens with one attached hydrogen (secondary N) is 1. The molecule has 1 saturated heterocycles. The minimum Gasteiger partial charge on any atom is -0.497 e. The maximum absolute atomic E-state index is 5.80. The van der Waals surface area contributed by atoms with E-state index < -0.39 is 0 Å². The smallest absolute Gasteiger partial charge is 0.160 e. The first-order valence-electron chi connectivity index (χ1n) is 6.44. The number of benzene rings is 1. The highest BCUT2D eigenvalue weighted by Gasteiger charge is 2.16. The van der Waals surface area contributed by atoms with Gasteiger partial charge in [0.05, 0.1) is 25.2 Å². The van der Waals surface area contributed by atoms with Crippen LogP contribution < -0.4 is 14.8 Å². The van der Waals surface area contributed by atoms with Crippen molar-refractivity contribution in [2.45, 2.75) is 19.1 Å². The topological polar surface area (TPSA) is 48.3 Å². The van der Waals surface area contributed by atoms with Gasteiger partial charge in [0.25, 0.3) is 0 Å². The van der Waals surface area contributed by atoms with Crippen molar-refractivity contribution in [2.75, 3.05) is 13.7 Å². The van der Waals surface area contributed by atoms with E-state index in [0.717, 1.165) is 36.6 Å². The van der Waals surface area contributed by atoms with Crippen molar-refractivity contribution in [3.8, 4) is 17.2 Å². The molecule has 100 valence electrons. The zero-order chi connectivity index (χ0) is 13.1. The van der Waals surface area contributed by atoms with Gasteiger partial charge in [-0.1, -0.05) is 0 Å². The Morgan fingerprint density at radius 1 is 1.26 bits per heavy atom. The van der Waals surface area contributed by atoms with Crippen molar-refractivity contribution in [2.24, 2.45) is 0 Å². The van der Waals surface area contributed by atoms with Crippen molar-refractivity contribution in [1.29, 1.82) is 0 Å². The van der Waals surface area contributed by atoms with Gasteiger partial charge in [0.15, 0.2) is 5.75 Å². The fourth-order valence-corrected chi connectivity index (χ4v) is 2.16. The van der Waals surface area contributed by atoms with Crippen LogP contribution in [-0.2, 0) is 0 Å². The van der Waals surface area contributed by atoms with Crippen molar-refractivity contribution in [3.63, 3.8) is 0 Å². The summed E-state index contributed by atoms with van der Waals surface area (Å²) in [7, 11) is 1.66. The van der Waals surface area contributed by atoms with Crippen molar-refractivity contribution in [1.82, 2.24) is 15.1 Å². The van der Waals surface area contributed by atoms with Crippen LogP contribution in [0.15, 0.2) is 36.7 Å². The summed E-state index contributed by atoms with van der Waals surface area (Å²) in [6, 6.07) is 7.75. The second kappa shape index (κ2) is 5.32. The van der Waals surface area contributed by atoms with Crippen LogP contribution >= 0.6 is 0 Å². The summed E-state index contributed by atoms with van der Waals surface area (Å²) in [6.07, 6.45) is 5.96. The van der Waals surface area contributed by atoms with E-state index in [9.17, 15) is 0 Å². The Morgan fingerprint density at radius 3 is 2.79 bits per heavy atom. The monoisotopic (exact) mass is 259 g/mol. The first-order chi connectivity index (χ1) is 9.35. The molecule has 1 N–H and O–H groups in total. The minimum atomic E-state index is 0.119. The zero-order valence-electron chi connectivity index (χ0n) is 10.9. The van der Waals surface area contributed by atoms with Gasteiger partial charge in [0.2, 0.25) is 0 Å². The third-order valence-electron chi connectivity index (χ3n) is 3.19. The molecule has 0 spiro atoms. The molecule has 0 saturated carbocycles. The summed E-state index contributed by atoms with van der Waals surface area (Å²) < 4.78 is 12.7. The SMILES string of the molecule is COc1ccc(-n2cc(OC3CCCN3)cn2)cc1. The number of ether oxygens (including phenoxy) is 2. The van der Waals surface area contributed by atoms with Gasteiger partial charge in [0.1, 0.15) is 12.0 Å². The third-order valence-corrected chi connectivity index (χ3v) is 3.19. The van der Waals surface area contributed by atoms with Gasteiger partial charge in [-0.2, -0.15) is 5.10 Å². The highest BCUT2D eigenvalue weighted by atomic mass is 16.5. The lowest BCUT2D eigenvalue weighted by Crippen LogP contribution is -2.27. The summed E-state index contributed by atoms with van der Waals surface area (Å²) in [4.78, 5) is 0. The predicted molar refractivity (Wildman–Crippen MR) is 71.8 cm³/mol. The molecule has 1 aliphatic rings. The summed E-state index contributed by atoms with van der Waals surface area (Å²) in [5.74, 6) is 1.62. The van der Waals surface area contributed by atoms with Crippen LogP contribution in [0, 0.1) is 0 Å². The first kappa shape index (κ1) is 12.0. The van der Waals surface area contributed by atoms with Gasteiger partial charge in [0, 0.05) is 0 Å². The Hall–Kier alpha value is -2.01.